The first-order valence-electron chi connectivity index (χ1n) is 8.63. The Labute approximate surface area is 147 Å². The molecule has 134 valence electrons. The van der Waals surface area contributed by atoms with Crippen LogP contribution in [0.5, 0.6) is 0 Å². The third-order valence-electron chi connectivity index (χ3n) is 4.75. The van der Waals surface area contributed by atoms with E-state index in [4.69, 9.17) is 0 Å². The number of fused-ring (bicyclic) bond motifs is 1. The first-order valence-corrected chi connectivity index (χ1v) is 8.63. The molecule has 2 N–H and O–H groups in total. The largest absolute Gasteiger partial charge is 0.357 e. The van der Waals surface area contributed by atoms with Gasteiger partial charge in [-0.3, -0.25) is 9.59 Å². The molecule has 0 bridgehead atoms. The van der Waals surface area contributed by atoms with Gasteiger partial charge in [-0.1, -0.05) is 6.07 Å². The van der Waals surface area contributed by atoms with Crippen molar-refractivity contribution in [3.05, 3.63) is 29.6 Å². The number of amides is 2. The molecular formula is C18H25N5O2. The molecule has 1 aromatic carbocycles. The highest BCUT2D eigenvalue weighted by molar-refractivity contribution is 5.88. The number of imidazole rings is 1. The van der Waals surface area contributed by atoms with E-state index in [9.17, 15) is 9.59 Å². The van der Waals surface area contributed by atoms with Crippen LogP contribution < -0.4 is 5.32 Å². The lowest BCUT2D eigenvalue weighted by molar-refractivity contribution is -0.143. The first-order chi connectivity index (χ1) is 12.0. The molecular weight excluding hydrogens is 318 g/mol. The third-order valence-corrected chi connectivity index (χ3v) is 4.75. The molecule has 7 heteroatoms. The maximum absolute atomic E-state index is 12.7. The van der Waals surface area contributed by atoms with E-state index in [0.717, 1.165) is 29.0 Å². The molecule has 3 rings (SSSR count). The molecule has 1 aliphatic rings. The highest BCUT2D eigenvalue weighted by atomic mass is 16.2. The minimum atomic E-state index is -0.408. The Morgan fingerprint density at radius 2 is 2.16 bits per heavy atom. The van der Waals surface area contributed by atoms with Crippen LogP contribution in [0.25, 0.3) is 11.0 Å². The van der Waals surface area contributed by atoms with Gasteiger partial charge in [-0.15, -0.1) is 0 Å². The van der Waals surface area contributed by atoms with E-state index in [1.165, 1.54) is 0 Å². The fourth-order valence-electron chi connectivity index (χ4n) is 3.34. The number of nitrogens with one attached hydrogen (secondary N) is 2. The van der Waals surface area contributed by atoms with Crippen LogP contribution in [0.1, 0.15) is 17.8 Å². The van der Waals surface area contributed by atoms with Crippen LogP contribution >= 0.6 is 0 Å². The molecule has 1 aromatic heterocycles. The summed E-state index contributed by atoms with van der Waals surface area (Å²) in [6, 6.07) is 5.62. The number of rotatable bonds is 4. The van der Waals surface area contributed by atoms with Gasteiger partial charge >= 0.3 is 0 Å². The summed E-state index contributed by atoms with van der Waals surface area (Å²) >= 11 is 0. The zero-order valence-electron chi connectivity index (χ0n) is 15.0. The summed E-state index contributed by atoms with van der Waals surface area (Å²) in [4.78, 5) is 36.2. The van der Waals surface area contributed by atoms with Gasteiger partial charge in [0.15, 0.2) is 0 Å². The maximum Gasteiger partial charge on any atom is 0.243 e. The molecule has 2 amide bonds. The summed E-state index contributed by atoms with van der Waals surface area (Å²) in [6.07, 6.45) is 1.05. The number of carbonyl (C=O) groups is 2. The van der Waals surface area contributed by atoms with Gasteiger partial charge in [0.05, 0.1) is 11.0 Å². The first kappa shape index (κ1) is 17.4. The molecule has 0 radical (unpaired) electrons. The van der Waals surface area contributed by atoms with Crippen molar-refractivity contribution in [2.75, 3.05) is 33.7 Å². The maximum atomic E-state index is 12.7. The van der Waals surface area contributed by atoms with Gasteiger partial charge in [-0.2, -0.15) is 0 Å². The van der Waals surface area contributed by atoms with Crippen LogP contribution in [0.3, 0.4) is 0 Å². The Morgan fingerprint density at radius 1 is 1.36 bits per heavy atom. The number of aromatic amines is 1. The van der Waals surface area contributed by atoms with E-state index in [1.54, 1.807) is 11.9 Å². The smallest absolute Gasteiger partial charge is 0.243 e. The molecule has 0 spiro atoms. The molecule has 1 fully saturated rings. The zero-order chi connectivity index (χ0) is 18.0. The lowest BCUT2D eigenvalue weighted by atomic mass is 10.1. The van der Waals surface area contributed by atoms with Gasteiger partial charge in [0, 0.05) is 33.1 Å². The summed E-state index contributed by atoms with van der Waals surface area (Å²) in [5.74, 6) is 0.811. The van der Waals surface area contributed by atoms with E-state index < -0.39 is 6.04 Å². The summed E-state index contributed by atoms with van der Waals surface area (Å²) in [6.45, 7) is 3.88. The van der Waals surface area contributed by atoms with E-state index in [0.29, 0.717) is 25.9 Å². The number of hydrogen-bond acceptors (Lipinski definition) is 4. The monoisotopic (exact) mass is 343 g/mol. The van der Waals surface area contributed by atoms with Gasteiger partial charge in [0.2, 0.25) is 11.8 Å². The molecule has 2 aromatic rings. The Balaban J connectivity index is 1.66. The van der Waals surface area contributed by atoms with Crippen LogP contribution in [-0.2, 0) is 16.0 Å². The standard InChI is InChI=1S/C18H25N5O2/c1-12-20-14-6-4-13(10-15(14)21-12)5-7-17(24)23-9-8-22(3)11-16(23)18(25)19-2/h4,6,10,16H,5,7-9,11H2,1-3H3,(H,19,25)(H,20,21). The summed E-state index contributed by atoms with van der Waals surface area (Å²) in [5.41, 5.74) is 3.02. The quantitative estimate of drug-likeness (QED) is 0.856. The second-order valence-corrected chi connectivity index (χ2v) is 6.65. The average Bonchev–Trinajstić information content (AvgIpc) is 2.98. The average molecular weight is 343 g/mol. The van der Waals surface area contributed by atoms with E-state index in [-0.39, 0.29) is 11.8 Å². The van der Waals surface area contributed by atoms with Crippen molar-refractivity contribution in [1.82, 2.24) is 25.1 Å². The van der Waals surface area contributed by atoms with Gasteiger partial charge in [-0.05, 0) is 38.1 Å². The number of aryl methyl sites for hydroxylation is 2. The fraction of sp³-hybridized carbons (Fsp3) is 0.500. The SMILES string of the molecule is CNC(=O)C1CN(C)CCN1C(=O)CCc1ccc2nc(C)[nH]c2c1. The highest BCUT2D eigenvalue weighted by Crippen LogP contribution is 2.16. The number of piperazine rings is 1. The minimum absolute atomic E-state index is 0.0302. The van der Waals surface area contributed by atoms with E-state index >= 15 is 0 Å². The van der Waals surface area contributed by atoms with Crippen molar-refractivity contribution < 1.29 is 9.59 Å². The Kier molecular flexibility index (Phi) is 5.03. The van der Waals surface area contributed by atoms with E-state index in [2.05, 4.69) is 20.2 Å². The Bertz CT molecular complexity index is 785. The van der Waals surface area contributed by atoms with E-state index in [1.807, 2.05) is 32.2 Å². The number of likely N-dealkylation sites (N-methyl/N-ethyl adjacent to an activating group) is 2. The predicted octanol–water partition coefficient (Wildman–Crippen LogP) is 0.693. The van der Waals surface area contributed by atoms with Crippen molar-refractivity contribution in [1.29, 1.82) is 0 Å². The molecule has 1 unspecified atom stereocenters. The molecule has 2 heterocycles. The topological polar surface area (TPSA) is 81.3 Å². The van der Waals surface area contributed by atoms with Gasteiger partial charge in [0.25, 0.3) is 0 Å². The zero-order valence-corrected chi connectivity index (χ0v) is 15.0. The number of carbonyl (C=O) groups excluding carboxylic acids is 2. The van der Waals surface area contributed by atoms with Gasteiger partial charge in [0.1, 0.15) is 11.9 Å². The lowest BCUT2D eigenvalue weighted by Gasteiger charge is -2.39. The Morgan fingerprint density at radius 3 is 2.92 bits per heavy atom. The van der Waals surface area contributed by atoms with Crippen molar-refractivity contribution in [3.63, 3.8) is 0 Å². The number of hydrogen-bond donors (Lipinski definition) is 2. The molecule has 7 nitrogen and oxygen atoms in total. The number of benzene rings is 1. The molecule has 0 aliphatic carbocycles. The second-order valence-electron chi connectivity index (χ2n) is 6.65. The summed E-state index contributed by atoms with van der Waals surface area (Å²) in [5, 5.41) is 2.67. The van der Waals surface area contributed by atoms with Crippen molar-refractivity contribution in [2.45, 2.75) is 25.8 Å². The number of H-pyrrole nitrogens is 1. The van der Waals surface area contributed by atoms with Crippen LogP contribution in [0.2, 0.25) is 0 Å². The Hall–Kier alpha value is -2.41. The fourth-order valence-corrected chi connectivity index (χ4v) is 3.34. The third kappa shape index (κ3) is 3.82. The van der Waals surface area contributed by atoms with Crippen molar-refractivity contribution >= 4 is 22.8 Å². The molecule has 0 saturated carbocycles. The number of aromatic nitrogens is 2. The molecule has 1 atom stereocenters. The predicted molar refractivity (Wildman–Crippen MR) is 96.2 cm³/mol. The number of nitrogens with zero attached hydrogens (tertiary/aromatic N) is 3. The molecule has 1 saturated heterocycles. The van der Waals surface area contributed by atoms with Crippen molar-refractivity contribution in [2.24, 2.45) is 0 Å². The normalized spacial score (nSPS) is 18.5. The van der Waals surface area contributed by atoms with Crippen LogP contribution in [0, 0.1) is 6.92 Å². The van der Waals surface area contributed by atoms with Crippen LogP contribution in [0.4, 0.5) is 0 Å². The van der Waals surface area contributed by atoms with Crippen LogP contribution in [-0.4, -0.2) is 71.4 Å². The lowest BCUT2D eigenvalue weighted by Crippen LogP contribution is -2.59. The van der Waals surface area contributed by atoms with Gasteiger partial charge in [-0.25, -0.2) is 4.98 Å². The minimum Gasteiger partial charge on any atom is -0.357 e. The molecule has 25 heavy (non-hydrogen) atoms. The van der Waals surface area contributed by atoms with Gasteiger partial charge < -0.3 is 20.1 Å². The highest BCUT2D eigenvalue weighted by Gasteiger charge is 2.33. The summed E-state index contributed by atoms with van der Waals surface area (Å²) in [7, 11) is 3.58. The van der Waals surface area contributed by atoms with Crippen molar-refractivity contribution in [3.8, 4) is 0 Å². The molecule has 1 aliphatic heterocycles. The second kappa shape index (κ2) is 7.23. The summed E-state index contributed by atoms with van der Waals surface area (Å²) < 4.78 is 0. The van der Waals surface area contributed by atoms with Crippen LogP contribution in [0.15, 0.2) is 18.2 Å².